The number of hydrogen-bond acceptors (Lipinski definition) is 3. The predicted molar refractivity (Wildman–Crippen MR) is 80.3 cm³/mol. The van der Waals surface area contributed by atoms with E-state index in [1.54, 1.807) is 25.3 Å². The molecule has 1 aromatic carbocycles. The lowest BCUT2D eigenvalue weighted by Crippen LogP contribution is -2.49. The van der Waals surface area contributed by atoms with Gasteiger partial charge in [0.15, 0.2) is 0 Å². The molecule has 1 aliphatic heterocycles. The van der Waals surface area contributed by atoms with Gasteiger partial charge in [-0.05, 0) is 37.0 Å². The van der Waals surface area contributed by atoms with Crippen LogP contribution in [0.3, 0.4) is 0 Å². The average molecular weight is 297 g/mol. The van der Waals surface area contributed by atoms with Crippen LogP contribution in [0.15, 0.2) is 18.2 Å². The van der Waals surface area contributed by atoms with Gasteiger partial charge in [0, 0.05) is 24.2 Å². The van der Waals surface area contributed by atoms with Crippen molar-refractivity contribution in [2.45, 2.75) is 25.8 Å². The number of amides is 1. The number of nitrogens with zero attached hydrogens (tertiary/aromatic N) is 1. The molecule has 2 rings (SSSR count). The van der Waals surface area contributed by atoms with Gasteiger partial charge in [-0.25, -0.2) is 0 Å². The Balaban J connectivity index is 2.28. The lowest BCUT2D eigenvalue weighted by atomic mass is 9.92. The van der Waals surface area contributed by atoms with E-state index in [1.807, 2.05) is 4.90 Å². The van der Waals surface area contributed by atoms with Crippen molar-refractivity contribution in [3.63, 3.8) is 0 Å². The first-order valence-corrected chi connectivity index (χ1v) is 7.29. The third kappa shape index (κ3) is 3.07. The molecular formula is C15H21ClN2O2. The number of carbonyl (C=O) groups excluding carboxylic acids is 1. The van der Waals surface area contributed by atoms with E-state index in [-0.39, 0.29) is 11.9 Å². The first-order chi connectivity index (χ1) is 9.56. The maximum atomic E-state index is 12.7. The van der Waals surface area contributed by atoms with Crippen LogP contribution in [0.2, 0.25) is 5.02 Å². The molecule has 110 valence electrons. The molecule has 0 aromatic heterocycles. The molecule has 2 unspecified atom stereocenters. The van der Waals surface area contributed by atoms with Crippen LogP contribution < -0.4 is 10.5 Å². The maximum absolute atomic E-state index is 12.7. The van der Waals surface area contributed by atoms with Crippen LogP contribution in [-0.2, 0) is 0 Å². The van der Waals surface area contributed by atoms with Crippen LogP contribution in [0.4, 0.5) is 0 Å². The fourth-order valence-electron chi connectivity index (χ4n) is 2.74. The van der Waals surface area contributed by atoms with Gasteiger partial charge in [0.25, 0.3) is 5.91 Å². The summed E-state index contributed by atoms with van der Waals surface area (Å²) in [4.78, 5) is 14.6. The Bertz CT molecular complexity index is 493. The van der Waals surface area contributed by atoms with E-state index in [0.29, 0.717) is 28.8 Å². The highest BCUT2D eigenvalue weighted by atomic mass is 35.5. The number of rotatable bonds is 3. The minimum atomic E-state index is -0.0494. The smallest absolute Gasteiger partial charge is 0.257 e. The van der Waals surface area contributed by atoms with E-state index in [0.717, 1.165) is 19.4 Å². The van der Waals surface area contributed by atoms with Crippen molar-refractivity contribution < 1.29 is 9.53 Å². The van der Waals surface area contributed by atoms with Gasteiger partial charge in [-0.3, -0.25) is 4.79 Å². The molecule has 1 aliphatic rings. The molecule has 2 atom stereocenters. The number of hydrogen-bond donors (Lipinski definition) is 1. The number of benzene rings is 1. The molecule has 0 saturated carbocycles. The monoisotopic (exact) mass is 296 g/mol. The zero-order valence-corrected chi connectivity index (χ0v) is 12.7. The number of halogens is 1. The summed E-state index contributed by atoms with van der Waals surface area (Å²) in [5, 5.41) is 0.531. The van der Waals surface area contributed by atoms with E-state index < -0.39 is 0 Å². The van der Waals surface area contributed by atoms with E-state index in [4.69, 9.17) is 22.1 Å². The van der Waals surface area contributed by atoms with E-state index in [9.17, 15) is 4.79 Å². The first-order valence-electron chi connectivity index (χ1n) is 6.91. The molecule has 1 fully saturated rings. The van der Waals surface area contributed by atoms with Crippen molar-refractivity contribution in [1.29, 1.82) is 0 Å². The molecule has 1 amide bonds. The third-order valence-corrected chi connectivity index (χ3v) is 4.14. The highest BCUT2D eigenvalue weighted by Crippen LogP contribution is 2.28. The van der Waals surface area contributed by atoms with E-state index in [2.05, 4.69) is 6.92 Å². The topological polar surface area (TPSA) is 55.6 Å². The van der Waals surface area contributed by atoms with Gasteiger partial charge in [0.1, 0.15) is 5.75 Å². The van der Waals surface area contributed by atoms with Gasteiger partial charge in [0.2, 0.25) is 0 Å². The molecule has 0 bridgehead atoms. The standard InChI is InChI=1S/C15H21ClN2O2/c1-10-5-6-18(12(7-10)9-17)15(19)13-8-11(16)3-4-14(13)20-2/h3-4,8,10,12H,5-7,9,17H2,1-2H3. The highest BCUT2D eigenvalue weighted by Gasteiger charge is 2.30. The summed E-state index contributed by atoms with van der Waals surface area (Å²) in [5.41, 5.74) is 6.33. The highest BCUT2D eigenvalue weighted by molar-refractivity contribution is 6.31. The summed E-state index contributed by atoms with van der Waals surface area (Å²) in [6.07, 6.45) is 1.95. The van der Waals surface area contributed by atoms with Gasteiger partial charge in [-0.1, -0.05) is 18.5 Å². The summed E-state index contributed by atoms with van der Waals surface area (Å²) < 4.78 is 5.26. The summed E-state index contributed by atoms with van der Waals surface area (Å²) in [6, 6.07) is 5.19. The second-order valence-electron chi connectivity index (χ2n) is 5.36. The minimum Gasteiger partial charge on any atom is -0.496 e. The second-order valence-corrected chi connectivity index (χ2v) is 5.80. The zero-order valence-electron chi connectivity index (χ0n) is 11.9. The van der Waals surface area contributed by atoms with Crippen LogP contribution in [0.1, 0.15) is 30.1 Å². The summed E-state index contributed by atoms with van der Waals surface area (Å²) in [5.74, 6) is 1.11. The number of carbonyl (C=O) groups is 1. The molecule has 2 N–H and O–H groups in total. The molecule has 20 heavy (non-hydrogen) atoms. The fourth-order valence-corrected chi connectivity index (χ4v) is 2.92. The molecule has 4 nitrogen and oxygen atoms in total. The molecule has 1 heterocycles. The van der Waals surface area contributed by atoms with Crippen molar-refractivity contribution in [2.24, 2.45) is 11.7 Å². The Morgan fingerprint density at radius 2 is 2.30 bits per heavy atom. The molecule has 5 heteroatoms. The quantitative estimate of drug-likeness (QED) is 0.932. The number of nitrogens with two attached hydrogens (primary N) is 1. The van der Waals surface area contributed by atoms with Crippen LogP contribution in [0.5, 0.6) is 5.75 Å². The molecule has 1 aromatic rings. The van der Waals surface area contributed by atoms with Crippen molar-refractivity contribution in [3.8, 4) is 5.75 Å². The van der Waals surface area contributed by atoms with Crippen LogP contribution in [0, 0.1) is 5.92 Å². The van der Waals surface area contributed by atoms with Gasteiger partial charge < -0.3 is 15.4 Å². The number of likely N-dealkylation sites (tertiary alicyclic amines) is 1. The summed E-state index contributed by atoms with van der Waals surface area (Å²) in [7, 11) is 1.55. The van der Waals surface area contributed by atoms with Crippen molar-refractivity contribution >= 4 is 17.5 Å². The van der Waals surface area contributed by atoms with Crippen LogP contribution in [0.25, 0.3) is 0 Å². The zero-order chi connectivity index (χ0) is 14.7. The lowest BCUT2D eigenvalue weighted by molar-refractivity contribution is 0.0570. The Morgan fingerprint density at radius 3 is 2.95 bits per heavy atom. The van der Waals surface area contributed by atoms with E-state index in [1.165, 1.54) is 0 Å². The Labute approximate surface area is 124 Å². The number of ether oxygens (including phenoxy) is 1. The first kappa shape index (κ1) is 15.1. The second kappa shape index (κ2) is 6.46. The van der Waals surface area contributed by atoms with Gasteiger partial charge in [-0.15, -0.1) is 0 Å². The van der Waals surface area contributed by atoms with Crippen molar-refractivity contribution in [1.82, 2.24) is 4.90 Å². The Morgan fingerprint density at radius 1 is 1.55 bits per heavy atom. The SMILES string of the molecule is COc1ccc(Cl)cc1C(=O)N1CCC(C)CC1CN. The lowest BCUT2D eigenvalue weighted by Gasteiger charge is -2.38. The van der Waals surface area contributed by atoms with Crippen LogP contribution in [-0.4, -0.2) is 37.0 Å². The molecule has 0 radical (unpaired) electrons. The van der Waals surface area contributed by atoms with Crippen molar-refractivity contribution in [3.05, 3.63) is 28.8 Å². The largest absolute Gasteiger partial charge is 0.496 e. The molecule has 0 spiro atoms. The third-order valence-electron chi connectivity index (χ3n) is 3.90. The van der Waals surface area contributed by atoms with Gasteiger partial charge >= 0.3 is 0 Å². The van der Waals surface area contributed by atoms with E-state index >= 15 is 0 Å². The van der Waals surface area contributed by atoms with Crippen LogP contribution >= 0.6 is 11.6 Å². The number of piperidine rings is 1. The van der Waals surface area contributed by atoms with Gasteiger partial charge in [0.05, 0.1) is 12.7 Å². The Hall–Kier alpha value is -1.26. The maximum Gasteiger partial charge on any atom is 0.257 e. The Kier molecular flexibility index (Phi) is 4.89. The fraction of sp³-hybridized carbons (Fsp3) is 0.533. The van der Waals surface area contributed by atoms with Crippen molar-refractivity contribution in [2.75, 3.05) is 20.2 Å². The predicted octanol–water partition coefficient (Wildman–Crippen LogP) is 2.55. The normalized spacial score (nSPS) is 22.7. The number of methoxy groups -OCH3 is 1. The average Bonchev–Trinajstić information content (AvgIpc) is 2.46. The van der Waals surface area contributed by atoms with Gasteiger partial charge in [-0.2, -0.15) is 0 Å². The summed E-state index contributed by atoms with van der Waals surface area (Å²) >= 11 is 6.00. The molecule has 0 aliphatic carbocycles. The summed E-state index contributed by atoms with van der Waals surface area (Å²) in [6.45, 7) is 3.42. The minimum absolute atomic E-state index is 0.0494. The molecular weight excluding hydrogens is 276 g/mol. The molecule has 1 saturated heterocycles.